The first-order chi connectivity index (χ1) is 15.3. The summed E-state index contributed by atoms with van der Waals surface area (Å²) in [4.78, 5) is 15.5. The van der Waals surface area contributed by atoms with Crippen molar-refractivity contribution in [3.05, 3.63) is 85.1 Å². The van der Waals surface area contributed by atoms with Crippen molar-refractivity contribution in [2.24, 2.45) is 0 Å². The van der Waals surface area contributed by atoms with E-state index in [2.05, 4.69) is 32.6 Å². The first kappa shape index (κ1) is 19.1. The third kappa shape index (κ3) is 4.22. The number of carbonyl (C=O) groups excluding carboxylic acids is 1. The predicted octanol–water partition coefficient (Wildman–Crippen LogP) is 5.62. The normalized spacial score (nSPS) is 11.0. The smallest absolute Gasteiger partial charge is 0.277 e. The van der Waals surface area contributed by atoms with Crippen molar-refractivity contribution in [3.8, 4) is 22.6 Å². The SMILES string of the molecule is O=C(CSc1nnc(-c2c[nH]c3ccccc23)o1)Nc1ccc(-c2ccccc2)cc1. The van der Waals surface area contributed by atoms with Crippen LogP contribution in [-0.2, 0) is 4.79 Å². The molecule has 6 nitrogen and oxygen atoms in total. The molecule has 1 amide bonds. The second-order valence-corrected chi connectivity index (χ2v) is 7.83. The van der Waals surface area contributed by atoms with E-state index in [0.717, 1.165) is 33.3 Å². The predicted molar refractivity (Wildman–Crippen MR) is 123 cm³/mol. The number of H-pyrrole nitrogens is 1. The summed E-state index contributed by atoms with van der Waals surface area (Å²) in [6.45, 7) is 0. The molecule has 0 radical (unpaired) electrons. The van der Waals surface area contributed by atoms with Crippen molar-refractivity contribution in [1.82, 2.24) is 15.2 Å². The number of fused-ring (bicyclic) bond motifs is 1. The van der Waals surface area contributed by atoms with Gasteiger partial charge in [-0.15, -0.1) is 10.2 Å². The number of amides is 1. The molecule has 0 unspecified atom stereocenters. The molecule has 0 saturated carbocycles. The van der Waals surface area contributed by atoms with E-state index < -0.39 is 0 Å². The largest absolute Gasteiger partial charge is 0.411 e. The molecule has 0 atom stereocenters. The van der Waals surface area contributed by atoms with E-state index in [0.29, 0.717) is 11.1 Å². The number of carbonyl (C=O) groups is 1. The van der Waals surface area contributed by atoms with Gasteiger partial charge in [-0.3, -0.25) is 4.79 Å². The fourth-order valence-corrected chi connectivity index (χ4v) is 3.89. The van der Waals surface area contributed by atoms with Gasteiger partial charge in [0.15, 0.2) is 0 Å². The molecule has 0 fully saturated rings. The third-order valence-electron chi connectivity index (χ3n) is 4.83. The number of aromatic amines is 1. The van der Waals surface area contributed by atoms with E-state index in [-0.39, 0.29) is 11.7 Å². The molecule has 7 heteroatoms. The summed E-state index contributed by atoms with van der Waals surface area (Å²) >= 11 is 1.21. The molecule has 152 valence electrons. The van der Waals surface area contributed by atoms with Crippen molar-refractivity contribution in [2.45, 2.75) is 5.22 Å². The number of anilines is 1. The molecule has 0 aliphatic rings. The summed E-state index contributed by atoms with van der Waals surface area (Å²) in [6, 6.07) is 25.8. The monoisotopic (exact) mass is 426 g/mol. The number of aromatic nitrogens is 3. The first-order valence-corrected chi connectivity index (χ1v) is 10.7. The van der Waals surface area contributed by atoms with E-state index in [9.17, 15) is 4.79 Å². The van der Waals surface area contributed by atoms with E-state index in [1.54, 1.807) is 0 Å². The van der Waals surface area contributed by atoms with Gasteiger partial charge >= 0.3 is 0 Å². The highest BCUT2D eigenvalue weighted by molar-refractivity contribution is 7.99. The number of nitrogens with one attached hydrogen (secondary N) is 2. The average Bonchev–Trinajstić information content (AvgIpc) is 3.46. The van der Waals surface area contributed by atoms with Gasteiger partial charge in [0.2, 0.25) is 5.91 Å². The van der Waals surface area contributed by atoms with Crippen LogP contribution in [0.1, 0.15) is 0 Å². The van der Waals surface area contributed by atoms with Gasteiger partial charge in [0.1, 0.15) is 0 Å². The summed E-state index contributed by atoms with van der Waals surface area (Å²) < 4.78 is 5.74. The van der Waals surface area contributed by atoms with Crippen LogP contribution < -0.4 is 5.32 Å². The quantitative estimate of drug-likeness (QED) is 0.345. The maximum Gasteiger partial charge on any atom is 0.277 e. The maximum atomic E-state index is 12.3. The Morgan fingerprint density at radius 2 is 1.65 bits per heavy atom. The second kappa shape index (κ2) is 8.49. The Balaban J connectivity index is 1.19. The molecule has 0 bridgehead atoms. The molecule has 0 aliphatic heterocycles. The van der Waals surface area contributed by atoms with Gasteiger partial charge in [0.25, 0.3) is 11.1 Å². The van der Waals surface area contributed by atoms with Crippen LogP contribution in [-0.4, -0.2) is 26.8 Å². The molecule has 5 rings (SSSR count). The third-order valence-corrected chi connectivity index (χ3v) is 5.65. The van der Waals surface area contributed by atoms with Crippen molar-refractivity contribution in [2.75, 3.05) is 11.1 Å². The number of hydrogen-bond acceptors (Lipinski definition) is 5. The molecule has 3 aromatic carbocycles. The molecule has 5 aromatic rings. The number of nitrogens with zero attached hydrogens (tertiary/aromatic N) is 2. The van der Waals surface area contributed by atoms with E-state index in [1.165, 1.54) is 11.8 Å². The molecule has 0 spiro atoms. The van der Waals surface area contributed by atoms with Gasteiger partial charge < -0.3 is 14.7 Å². The van der Waals surface area contributed by atoms with Crippen LogP contribution in [0.15, 0.2) is 94.7 Å². The van der Waals surface area contributed by atoms with Gasteiger partial charge in [-0.2, -0.15) is 0 Å². The molecular formula is C24H18N4O2S. The Morgan fingerprint density at radius 3 is 2.48 bits per heavy atom. The van der Waals surface area contributed by atoms with Crippen molar-refractivity contribution in [3.63, 3.8) is 0 Å². The van der Waals surface area contributed by atoms with Crippen LogP contribution in [0.4, 0.5) is 5.69 Å². The van der Waals surface area contributed by atoms with Crippen molar-refractivity contribution < 1.29 is 9.21 Å². The lowest BCUT2D eigenvalue weighted by Crippen LogP contribution is -2.13. The van der Waals surface area contributed by atoms with E-state index >= 15 is 0 Å². The Kier molecular flexibility index (Phi) is 5.24. The summed E-state index contributed by atoms with van der Waals surface area (Å²) in [6.07, 6.45) is 1.85. The number of hydrogen-bond donors (Lipinski definition) is 2. The lowest BCUT2D eigenvalue weighted by Gasteiger charge is -2.06. The minimum atomic E-state index is -0.135. The molecule has 31 heavy (non-hydrogen) atoms. The van der Waals surface area contributed by atoms with Crippen LogP contribution in [0.5, 0.6) is 0 Å². The zero-order valence-electron chi connectivity index (χ0n) is 16.4. The Hall–Kier alpha value is -3.84. The van der Waals surface area contributed by atoms with Crippen LogP contribution in [0.3, 0.4) is 0 Å². The van der Waals surface area contributed by atoms with Gasteiger partial charge in [0.05, 0.1) is 11.3 Å². The number of rotatable bonds is 6. The summed E-state index contributed by atoms with van der Waals surface area (Å²) in [7, 11) is 0. The molecule has 0 aliphatic carbocycles. The summed E-state index contributed by atoms with van der Waals surface area (Å²) in [5.41, 5.74) is 4.83. The van der Waals surface area contributed by atoms with Crippen LogP contribution in [0, 0.1) is 0 Å². The van der Waals surface area contributed by atoms with Crippen molar-refractivity contribution >= 4 is 34.3 Å². The topological polar surface area (TPSA) is 83.8 Å². The zero-order valence-corrected chi connectivity index (χ0v) is 17.2. The highest BCUT2D eigenvalue weighted by Gasteiger charge is 2.14. The highest BCUT2D eigenvalue weighted by Crippen LogP contribution is 2.29. The van der Waals surface area contributed by atoms with Crippen LogP contribution >= 0.6 is 11.8 Å². The minimum Gasteiger partial charge on any atom is -0.411 e. The first-order valence-electron chi connectivity index (χ1n) is 9.74. The highest BCUT2D eigenvalue weighted by atomic mass is 32.2. The number of benzene rings is 3. The maximum absolute atomic E-state index is 12.3. The standard InChI is InChI=1S/C24H18N4O2S/c29-22(26-18-12-10-17(11-13-18)16-6-2-1-3-7-16)15-31-24-28-27-23(30-24)20-14-25-21-9-5-4-8-19(20)21/h1-14,25H,15H2,(H,26,29). The lowest BCUT2D eigenvalue weighted by atomic mass is 10.1. The Bertz CT molecular complexity index is 1330. The molecule has 2 N–H and O–H groups in total. The Morgan fingerprint density at radius 1 is 0.903 bits per heavy atom. The minimum absolute atomic E-state index is 0.135. The summed E-state index contributed by atoms with van der Waals surface area (Å²) in [5.74, 6) is 0.469. The van der Waals surface area contributed by atoms with Crippen LogP contribution in [0.25, 0.3) is 33.5 Å². The number of para-hydroxylation sites is 1. The van der Waals surface area contributed by atoms with E-state index in [1.807, 2.05) is 72.9 Å². The fourth-order valence-electron chi connectivity index (χ4n) is 3.33. The molecule has 2 heterocycles. The number of thioether (sulfide) groups is 1. The van der Waals surface area contributed by atoms with Gasteiger partial charge in [-0.1, -0.05) is 72.4 Å². The van der Waals surface area contributed by atoms with Crippen molar-refractivity contribution in [1.29, 1.82) is 0 Å². The molecule has 0 saturated heterocycles. The Labute approximate surface area is 182 Å². The second-order valence-electron chi connectivity index (χ2n) is 6.90. The van der Waals surface area contributed by atoms with E-state index in [4.69, 9.17) is 4.42 Å². The average molecular weight is 427 g/mol. The molecule has 2 aromatic heterocycles. The van der Waals surface area contributed by atoms with Gasteiger partial charge in [-0.05, 0) is 29.3 Å². The lowest BCUT2D eigenvalue weighted by molar-refractivity contribution is -0.113. The fraction of sp³-hybridized carbons (Fsp3) is 0.0417. The van der Waals surface area contributed by atoms with Crippen LogP contribution in [0.2, 0.25) is 0 Å². The van der Waals surface area contributed by atoms with Gasteiger partial charge in [0, 0.05) is 22.8 Å². The van der Waals surface area contributed by atoms with Gasteiger partial charge in [-0.25, -0.2) is 0 Å². The zero-order chi connectivity index (χ0) is 21.0. The molecular weight excluding hydrogens is 408 g/mol. The summed E-state index contributed by atoms with van der Waals surface area (Å²) in [5, 5.41) is 12.4.